The van der Waals surface area contributed by atoms with Crippen LogP contribution in [0.1, 0.15) is 37.2 Å². The third kappa shape index (κ3) is 2.90. The molecule has 0 aliphatic carbocycles. The Balaban J connectivity index is 1.79. The Hall–Kier alpha value is -2.30. The number of fused-ring (bicyclic) bond motifs is 1. The van der Waals surface area contributed by atoms with Gasteiger partial charge in [0.1, 0.15) is 5.82 Å². The maximum atomic E-state index is 12.4. The van der Waals surface area contributed by atoms with Crippen molar-refractivity contribution in [3.8, 4) is 0 Å². The molecule has 24 heavy (non-hydrogen) atoms. The molecular formula is C19H25N3O2. The van der Waals surface area contributed by atoms with Crippen LogP contribution in [0.15, 0.2) is 30.0 Å². The van der Waals surface area contributed by atoms with Crippen LogP contribution >= 0.6 is 0 Å². The second-order valence-electron chi connectivity index (χ2n) is 6.40. The van der Waals surface area contributed by atoms with Crippen molar-refractivity contribution in [3.05, 3.63) is 41.4 Å². The van der Waals surface area contributed by atoms with Crippen molar-refractivity contribution >= 4 is 16.9 Å². The van der Waals surface area contributed by atoms with Crippen molar-refractivity contribution < 1.29 is 9.53 Å². The average Bonchev–Trinajstić information content (AvgIpc) is 2.91. The minimum Gasteiger partial charge on any atom is -0.491 e. The van der Waals surface area contributed by atoms with Gasteiger partial charge in [0.2, 0.25) is 0 Å². The summed E-state index contributed by atoms with van der Waals surface area (Å²) in [6.45, 7) is 7.49. The Morgan fingerprint density at radius 3 is 2.62 bits per heavy atom. The lowest BCUT2D eigenvalue weighted by molar-refractivity contribution is -0.131. The van der Waals surface area contributed by atoms with Crippen molar-refractivity contribution in [1.82, 2.24) is 14.5 Å². The van der Waals surface area contributed by atoms with E-state index in [0.717, 1.165) is 37.3 Å². The van der Waals surface area contributed by atoms with E-state index in [1.54, 1.807) is 13.2 Å². The molecule has 0 unspecified atom stereocenters. The Labute approximate surface area is 142 Å². The number of amides is 1. The number of aromatic nitrogens is 2. The summed E-state index contributed by atoms with van der Waals surface area (Å²) in [5.41, 5.74) is 3.49. The normalized spacial score (nSPS) is 16.7. The van der Waals surface area contributed by atoms with Crippen molar-refractivity contribution in [1.29, 1.82) is 0 Å². The van der Waals surface area contributed by atoms with Gasteiger partial charge in [-0.05, 0) is 57.4 Å². The third-order valence-corrected chi connectivity index (χ3v) is 4.83. The minimum atomic E-state index is -0.0125. The van der Waals surface area contributed by atoms with Gasteiger partial charge in [-0.15, -0.1) is 0 Å². The number of imidazole rings is 1. The number of carbonyl (C=O) groups is 1. The SMILES string of the molecule is C/C=C(/OC)C(=O)N1CCC(n2c(C)nc3ccc(C)cc32)CC1. The van der Waals surface area contributed by atoms with E-state index in [1.807, 2.05) is 11.8 Å². The summed E-state index contributed by atoms with van der Waals surface area (Å²) < 4.78 is 7.50. The molecule has 0 bridgehead atoms. The molecule has 5 nitrogen and oxygen atoms in total. The highest BCUT2D eigenvalue weighted by atomic mass is 16.5. The summed E-state index contributed by atoms with van der Waals surface area (Å²) in [4.78, 5) is 19.0. The summed E-state index contributed by atoms with van der Waals surface area (Å²) in [7, 11) is 1.54. The number of aryl methyl sites for hydroxylation is 2. The first kappa shape index (κ1) is 16.6. The van der Waals surface area contributed by atoms with Gasteiger partial charge in [-0.1, -0.05) is 6.07 Å². The van der Waals surface area contributed by atoms with Gasteiger partial charge in [0.15, 0.2) is 5.76 Å². The number of ether oxygens (including phenoxy) is 1. The largest absolute Gasteiger partial charge is 0.491 e. The molecule has 1 fully saturated rings. The number of hydrogen-bond acceptors (Lipinski definition) is 3. The molecule has 1 saturated heterocycles. The molecule has 5 heteroatoms. The van der Waals surface area contributed by atoms with E-state index >= 15 is 0 Å². The molecule has 1 aromatic heterocycles. The molecule has 0 saturated carbocycles. The van der Waals surface area contributed by atoms with Crippen LogP contribution in [-0.4, -0.2) is 40.6 Å². The molecule has 0 N–H and O–H groups in total. The number of piperidine rings is 1. The zero-order valence-corrected chi connectivity index (χ0v) is 14.9. The van der Waals surface area contributed by atoms with E-state index < -0.39 is 0 Å². The lowest BCUT2D eigenvalue weighted by atomic mass is 10.0. The number of carbonyl (C=O) groups excluding carboxylic acids is 1. The first-order valence-electron chi connectivity index (χ1n) is 8.50. The van der Waals surface area contributed by atoms with Crippen LogP contribution in [0.4, 0.5) is 0 Å². The van der Waals surface area contributed by atoms with Gasteiger partial charge in [-0.2, -0.15) is 0 Å². The third-order valence-electron chi connectivity index (χ3n) is 4.83. The predicted molar refractivity (Wildman–Crippen MR) is 94.8 cm³/mol. The number of hydrogen-bond donors (Lipinski definition) is 0. The molecule has 1 aliphatic rings. The van der Waals surface area contributed by atoms with Crippen LogP contribution < -0.4 is 0 Å². The van der Waals surface area contributed by atoms with E-state index in [-0.39, 0.29) is 5.91 Å². The first-order chi connectivity index (χ1) is 11.5. The molecule has 2 aromatic rings. The molecule has 1 aliphatic heterocycles. The maximum absolute atomic E-state index is 12.4. The van der Waals surface area contributed by atoms with E-state index in [0.29, 0.717) is 11.8 Å². The van der Waals surface area contributed by atoms with E-state index in [1.165, 1.54) is 11.1 Å². The van der Waals surface area contributed by atoms with Gasteiger partial charge in [-0.3, -0.25) is 4.79 Å². The second kappa shape index (κ2) is 6.67. The highest BCUT2D eigenvalue weighted by Gasteiger charge is 2.27. The number of methoxy groups -OCH3 is 1. The number of rotatable bonds is 3. The van der Waals surface area contributed by atoms with Gasteiger partial charge < -0.3 is 14.2 Å². The van der Waals surface area contributed by atoms with Gasteiger partial charge in [0.25, 0.3) is 5.91 Å². The maximum Gasteiger partial charge on any atom is 0.288 e. The second-order valence-corrected chi connectivity index (χ2v) is 6.40. The molecule has 3 rings (SSSR count). The predicted octanol–water partition coefficient (Wildman–Crippen LogP) is 3.37. The van der Waals surface area contributed by atoms with E-state index in [9.17, 15) is 4.79 Å². The Morgan fingerprint density at radius 2 is 2.00 bits per heavy atom. The molecular weight excluding hydrogens is 302 g/mol. The number of nitrogens with zero attached hydrogens (tertiary/aromatic N) is 3. The van der Waals surface area contributed by atoms with Crippen LogP contribution in [0, 0.1) is 13.8 Å². The van der Waals surface area contributed by atoms with Crippen molar-refractivity contribution in [3.63, 3.8) is 0 Å². The van der Waals surface area contributed by atoms with Crippen LogP contribution in [0.25, 0.3) is 11.0 Å². The van der Waals surface area contributed by atoms with Crippen LogP contribution in [0.5, 0.6) is 0 Å². The number of allylic oxidation sites excluding steroid dienone is 1. The number of likely N-dealkylation sites (tertiary alicyclic amines) is 1. The van der Waals surface area contributed by atoms with Gasteiger partial charge >= 0.3 is 0 Å². The van der Waals surface area contributed by atoms with Gasteiger partial charge in [-0.25, -0.2) is 4.98 Å². The molecule has 0 atom stereocenters. The van der Waals surface area contributed by atoms with Crippen molar-refractivity contribution in [2.45, 2.75) is 39.7 Å². The van der Waals surface area contributed by atoms with Crippen LogP contribution in [0.3, 0.4) is 0 Å². The molecule has 2 heterocycles. The molecule has 0 spiro atoms. The fourth-order valence-corrected chi connectivity index (χ4v) is 3.60. The topological polar surface area (TPSA) is 47.4 Å². The van der Waals surface area contributed by atoms with E-state index in [4.69, 9.17) is 9.72 Å². The lowest BCUT2D eigenvalue weighted by Gasteiger charge is -2.33. The summed E-state index contributed by atoms with van der Waals surface area (Å²) in [6.07, 6.45) is 3.60. The Kier molecular flexibility index (Phi) is 4.60. The molecule has 0 radical (unpaired) electrons. The molecule has 128 valence electrons. The summed E-state index contributed by atoms with van der Waals surface area (Å²) in [5, 5.41) is 0. The monoisotopic (exact) mass is 327 g/mol. The Morgan fingerprint density at radius 1 is 1.29 bits per heavy atom. The fourth-order valence-electron chi connectivity index (χ4n) is 3.60. The fraction of sp³-hybridized carbons (Fsp3) is 0.474. The van der Waals surface area contributed by atoms with Crippen molar-refractivity contribution in [2.24, 2.45) is 0 Å². The van der Waals surface area contributed by atoms with E-state index in [2.05, 4.69) is 36.6 Å². The smallest absolute Gasteiger partial charge is 0.288 e. The highest BCUT2D eigenvalue weighted by Crippen LogP contribution is 2.29. The quantitative estimate of drug-likeness (QED) is 0.641. The van der Waals surface area contributed by atoms with Gasteiger partial charge in [0, 0.05) is 19.1 Å². The Bertz CT molecular complexity index is 783. The minimum absolute atomic E-state index is 0.0125. The molecule has 1 aromatic carbocycles. The lowest BCUT2D eigenvalue weighted by Crippen LogP contribution is -2.40. The summed E-state index contributed by atoms with van der Waals surface area (Å²) in [6, 6.07) is 6.78. The summed E-state index contributed by atoms with van der Waals surface area (Å²) >= 11 is 0. The van der Waals surface area contributed by atoms with Crippen LogP contribution in [-0.2, 0) is 9.53 Å². The van der Waals surface area contributed by atoms with Crippen molar-refractivity contribution in [2.75, 3.05) is 20.2 Å². The average molecular weight is 327 g/mol. The standard InChI is InChI=1S/C19H25N3O2/c1-5-18(24-4)19(23)21-10-8-15(9-11-21)22-14(3)20-16-7-6-13(2)12-17(16)22/h5-7,12,15H,8-11H2,1-4H3/b18-5+. The number of benzene rings is 1. The van der Waals surface area contributed by atoms with Gasteiger partial charge in [0.05, 0.1) is 18.1 Å². The zero-order chi connectivity index (χ0) is 17.3. The van der Waals surface area contributed by atoms with Crippen LogP contribution in [0.2, 0.25) is 0 Å². The summed E-state index contributed by atoms with van der Waals surface area (Å²) in [5.74, 6) is 1.46. The first-order valence-corrected chi connectivity index (χ1v) is 8.50. The highest BCUT2D eigenvalue weighted by molar-refractivity contribution is 5.91. The zero-order valence-electron chi connectivity index (χ0n) is 14.9. The molecule has 1 amide bonds.